The third-order valence-corrected chi connectivity index (χ3v) is 5.12. The molecule has 1 aliphatic heterocycles. The van der Waals surface area contributed by atoms with E-state index in [0.29, 0.717) is 17.1 Å². The quantitative estimate of drug-likeness (QED) is 0.764. The van der Waals surface area contributed by atoms with Gasteiger partial charge >= 0.3 is 0 Å². The van der Waals surface area contributed by atoms with Gasteiger partial charge in [-0.2, -0.15) is 0 Å². The molecule has 1 atom stereocenters. The van der Waals surface area contributed by atoms with Crippen LogP contribution in [0.15, 0.2) is 0 Å². The lowest BCUT2D eigenvalue weighted by molar-refractivity contribution is -0.0736. The summed E-state index contributed by atoms with van der Waals surface area (Å²) in [7, 11) is 0. The number of rotatable bonds is 6. The highest BCUT2D eigenvalue weighted by molar-refractivity contribution is 7.80. The first kappa shape index (κ1) is 16.2. The lowest BCUT2D eigenvalue weighted by Gasteiger charge is -2.35. The molecular weight excluding hydrogens is 268 g/mol. The van der Waals surface area contributed by atoms with Gasteiger partial charge in [0.25, 0.3) is 0 Å². The van der Waals surface area contributed by atoms with Crippen LogP contribution in [0, 0.1) is 0 Å². The molecule has 2 fully saturated rings. The standard InChI is InChI=1S/C16H30N2OS/c1-13(2)18(11-7-15(17)20)12-14-6-10-16(19-14)8-4-3-5-9-16/h13-14H,3-12H2,1-2H3,(H2,17,20). The van der Waals surface area contributed by atoms with Crippen molar-refractivity contribution in [2.75, 3.05) is 13.1 Å². The third-order valence-electron chi connectivity index (χ3n) is 4.92. The van der Waals surface area contributed by atoms with E-state index in [-0.39, 0.29) is 5.60 Å². The Morgan fingerprint density at radius 2 is 2.00 bits per heavy atom. The monoisotopic (exact) mass is 298 g/mol. The third kappa shape index (κ3) is 4.40. The molecule has 2 N–H and O–H groups in total. The maximum absolute atomic E-state index is 6.47. The number of thiocarbonyl (C=S) groups is 1. The van der Waals surface area contributed by atoms with Crippen molar-refractivity contribution < 1.29 is 4.74 Å². The van der Waals surface area contributed by atoms with Crippen LogP contribution >= 0.6 is 12.2 Å². The minimum atomic E-state index is 0.231. The van der Waals surface area contributed by atoms with Gasteiger partial charge in [0.1, 0.15) is 0 Å². The van der Waals surface area contributed by atoms with Gasteiger partial charge in [0.05, 0.1) is 16.7 Å². The van der Waals surface area contributed by atoms with Gasteiger partial charge in [-0.25, -0.2) is 0 Å². The summed E-state index contributed by atoms with van der Waals surface area (Å²) in [6.07, 6.45) is 10.3. The second kappa shape index (κ2) is 7.19. The fourth-order valence-electron chi connectivity index (χ4n) is 3.66. The second-order valence-electron chi connectivity index (χ2n) is 6.83. The number of hydrogen-bond acceptors (Lipinski definition) is 3. The van der Waals surface area contributed by atoms with Crippen LogP contribution in [-0.2, 0) is 4.74 Å². The molecule has 1 spiro atoms. The molecule has 0 radical (unpaired) electrons. The van der Waals surface area contributed by atoms with Crippen LogP contribution < -0.4 is 5.73 Å². The van der Waals surface area contributed by atoms with E-state index in [9.17, 15) is 0 Å². The molecule has 3 nitrogen and oxygen atoms in total. The van der Waals surface area contributed by atoms with Crippen LogP contribution in [0.25, 0.3) is 0 Å². The van der Waals surface area contributed by atoms with Crippen molar-refractivity contribution in [3.05, 3.63) is 0 Å². The molecule has 1 heterocycles. The number of nitrogens with two attached hydrogens (primary N) is 1. The Morgan fingerprint density at radius 1 is 1.30 bits per heavy atom. The van der Waals surface area contributed by atoms with Crippen LogP contribution in [0.2, 0.25) is 0 Å². The summed E-state index contributed by atoms with van der Waals surface area (Å²) in [6.45, 7) is 6.47. The summed E-state index contributed by atoms with van der Waals surface area (Å²) in [5.41, 5.74) is 5.87. The Labute approximate surface area is 129 Å². The number of hydrogen-bond donors (Lipinski definition) is 1. The van der Waals surface area contributed by atoms with Crippen LogP contribution in [0.1, 0.15) is 65.2 Å². The minimum absolute atomic E-state index is 0.231. The smallest absolute Gasteiger partial charge is 0.0740 e. The van der Waals surface area contributed by atoms with Crippen molar-refractivity contribution in [3.8, 4) is 0 Å². The van der Waals surface area contributed by atoms with E-state index in [1.54, 1.807) is 0 Å². The summed E-state index contributed by atoms with van der Waals surface area (Å²) in [5.74, 6) is 0. The lowest BCUT2D eigenvalue weighted by atomic mass is 9.83. The highest BCUT2D eigenvalue weighted by Gasteiger charge is 2.41. The maximum Gasteiger partial charge on any atom is 0.0740 e. The number of nitrogens with zero attached hydrogens (tertiary/aromatic N) is 1. The molecule has 116 valence electrons. The predicted molar refractivity (Wildman–Crippen MR) is 88.0 cm³/mol. The second-order valence-corrected chi connectivity index (χ2v) is 7.35. The van der Waals surface area contributed by atoms with Crippen molar-refractivity contribution in [2.24, 2.45) is 5.73 Å². The van der Waals surface area contributed by atoms with Crippen molar-refractivity contribution >= 4 is 17.2 Å². The first-order chi connectivity index (χ1) is 9.51. The molecule has 1 saturated heterocycles. The van der Waals surface area contributed by atoms with E-state index in [2.05, 4.69) is 18.7 Å². The summed E-state index contributed by atoms with van der Waals surface area (Å²) >= 11 is 5.00. The van der Waals surface area contributed by atoms with Gasteiger partial charge in [-0.15, -0.1) is 0 Å². The van der Waals surface area contributed by atoms with Crippen molar-refractivity contribution in [1.82, 2.24) is 4.90 Å². The van der Waals surface area contributed by atoms with Crippen LogP contribution in [0.4, 0.5) is 0 Å². The molecule has 2 rings (SSSR count). The molecule has 20 heavy (non-hydrogen) atoms. The number of ether oxygens (including phenoxy) is 1. The van der Waals surface area contributed by atoms with Crippen LogP contribution in [-0.4, -0.2) is 40.7 Å². The first-order valence-electron chi connectivity index (χ1n) is 8.21. The first-order valence-corrected chi connectivity index (χ1v) is 8.62. The van der Waals surface area contributed by atoms with Gasteiger partial charge in [-0.05, 0) is 39.5 Å². The highest BCUT2D eigenvalue weighted by Crippen LogP contribution is 2.42. The van der Waals surface area contributed by atoms with Crippen LogP contribution in [0.5, 0.6) is 0 Å². The fraction of sp³-hybridized carbons (Fsp3) is 0.938. The maximum atomic E-state index is 6.47. The SMILES string of the molecule is CC(C)N(CCC(N)=S)CC1CCC2(CCCCC2)O1. The molecule has 0 aromatic carbocycles. The topological polar surface area (TPSA) is 38.5 Å². The Balaban J connectivity index is 1.83. The normalized spacial score (nSPS) is 25.7. The molecule has 1 unspecified atom stereocenters. The van der Waals surface area contributed by atoms with Crippen molar-refractivity contribution in [3.63, 3.8) is 0 Å². The van der Waals surface area contributed by atoms with Gasteiger partial charge < -0.3 is 10.5 Å². The average molecular weight is 298 g/mol. The molecular formula is C16H30N2OS. The van der Waals surface area contributed by atoms with E-state index in [0.717, 1.165) is 19.5 Å². The molecule has 4 heteroatoms. The van der Waals surface area contributed by atoms with E-state index < -0.39 is 0 Å². The molecule has 0 aromatic rings. The minimum Gasteiger partial charge on any atom is -0.393 e. The summed E-state index contributed by atoms with van der Waals surface area (Å²) in [6, 6.07) is 0.524. The van der Waals surface area contributed by atoms with E-state index >= 15 is 0 Å². The summed E-state index contributed by atoms with van der Waals surface area (Å²) < 4.78 is 6.47. The Bertz CT molecular complexity index is 326. The zero-order valence-electron chi connectivity index (χ0n) is 13.1. The van der Waals surface area contributed by atoms with E-state index in [1.165, 1.54) is 44.9 Å². The van der Waals surface area contributed by atoms with Gasteiger partial charge in [0, 0.05) is 25.6 Å². The van der Waals surface area contributed by atoms with Crippen LogP contribution in [0.3, 0.4) is 0 Å². The van der Waals surface area contributed by atoms with Crippen molar-refractivity contribution in [2.45, 2.75) is 83.0 Å². The summed E-state index contributed by atoms with van der Waals surface area (Å²) in [4.78, 5) is 3.08. The lowest BCUT2D eigenvalue weighted by Crippen LogP contribution is -2.41. The highest BCUT2D eigenvalue weighted by atomic mass is 32.1. The zero-order valence-corrected chi connectivity index (χ0v) is 13.9. The van der Waals surface area contributed by atoms with Crippen molar-refractivity contribution in [1.29, 1.82) is 0 Å². The van der Waals surface area contributed by atoms with E-state index in [4.69, 9.17) is 22.7 Å². The Hall–Kier alpha value is -0.190. The average Bonchev–Trinajstić information content (AvgIpc) is 2.77. The van der Waals surface area contributed by atoms with Gasteiger partial charge in [-0.3, -0.25) is 4.90 Å². The fourth-order valence-corrected chi connectivity index (χ4v) is 3.75. The van der Waals surface area contributed by atoms with Gasteiger partial charge in [0.15, 0.2) is 0 Å². The largest absolute Gasteiger partial charge is 0.393 e. The zero-order chi connectivity index (χ0) is 14.6. The summed E-state index contributed by atoms with van der Waals surface area (Å²) in [5, 5.41) is 0. The Morgan fingerprint density at radius 3 is 2.60 bits per heavy atom. The Kier molecular flexibility index (Phi) is 5.82. The molecule has 0 amide bonds. The van der Waals surface area contributed by atoms with Gasteiger partial charge in [-0.1, -0.05) is 31.5 Å². The molecule has 2 aliphatic rings. The predicted octanol–water partition coefficient (Wildman–Crippen LogP) is 3.25. The molecule has 0 bridgehead atoms. The van der Waals surface area contributed by atoms with Gasteiger partial charge in [0.2, 0.25) is 0 Å². The molecule has 1 saturated carbocycles. The molecule has 0 aromatic heterocycles. The van der Waals surface area contributed by atoms with E-state index in [1.807, 2.05) is 0 Å². The molecule has 1 aliphatic carbocycles.